The number of hydrogen-bond acceptors (Lipinski definition) is 3. The standard InChI is InChI=1S/C16H16N2OS/c1-10-17-14(9-20-10)12-4-5-15-13(8-12)6-7-18(15)16(19)11-2-3-11/h4-5,8-9,11H,2-3,6-7H2,1H3. The highest BCUT2D eigenvalue weighted by Gasteiger charge is 2.36. The van der Waals surface area contributed by atoms with Gasteiger partial charge in [0.2, 0.25) is 5.91 Å². The van der Waals surface area contributed by atoms with Crippen molar-refractivity contribution in [1.29, 1.82) is 0 Å². The smallest absolute Gasteiger partial charge is 0.230 e. The lowest BCUT2D eigenvalue weighted by molar-refractivity contribution is -0.119. The predicted octanol–water partition coefficient (Wildman–Crippen LogP) is 3.42. The Bertz CT molecular complexity index is 688. The molecule has 1 fully saturated rings. The van der Waals surface area contributed by atoms with E-state index in [0.717, 1.165) is 47.8 Å². The first kappa shape index (κ1) is 12.1. The molecule has 0 spiro atoms. The molecule has 4 heteroatoms. The molecule has 102 valence electrons. The third kappa shape index (κ3) is 1.95. The highest BCUT2D eigenvalue weighted by atomic mass is 32.1. The summed E-state index contributed by atoms with van der Waals surface area (Å²) in [4.78, 5) is 18.8. The van der Waals surface area contributed by atoms with E-state index in [0.29, 0.717) is 11.8 Å². The van der Waals surface area contributed by atoms with Crippen molar-refractivity contribution in [3.63, 3.8) is 0 Å². The molecular formula is C16H16N2OS. The molecule has 0 saturated heterocycles. The molecule has 1 saturated carbocycles. The van der Waals surface area contributed by atoms with E-state index in [-0.39, 0.29) is 0 Å². The van der Waals surface area contributed by atoms with Gasteiger partial charge in [0.05, 0.1) is 10.7 Å². The Morgan fingerprint density at radius 2 is 2.25 bits per heavy atom. The number of amides is 1. The number of fused-ring (bicyclic) bond motifs is 1. The second-order valence-electron chi connectivity index (χ2n) is 5.61. The summed E-state index contributed by atoms with van der Waals surface area (Å²) in [6.07, 6.45) is 3.10. The fourth-order valence-corrected chi connectivity index (χ4v) is 3.46. The average molecular weight is 284 g/mol. The molecule has 2 aliphatic rings. The molecule has 1 aromatic carbocycles. The number of rotatable bonds is 2. The number of thiazole rings is 1. The van der Waals surface area contributed by atoms with Gasteiger partial charge in [-0.3, -0.25) is 4.79 Å². The van der Waals surface area contributed by atoms with Crippen LogP contribution in [0.25, 0.3) is 11.3 Å². The first-order chi connectivity index (χ1) is 9.72. The average Bonchev–Trinajstić information content (AvgIpc) is 3.08. The quantitative estimate of drug-likeness (QED) is 0.846. The molecule has 0 radical (unpaired) electrons. The van der Waals surface area contributed by atoms with Gasteiger partial charge in [0.15, 0.2) is 0 Å². The third-order valence-corrected chi connectivity index (χ3v) is 4.86. The van der Waals surface area contributed by atoms with Gasteiger partial charge >= 0.3 is 0 Å². The molecular weight excluding hydrogens is 268 g/mol. The Hall–Kier alpha value is -1.68. The van der Waals surface area contributed by atoms with Crippen molar-refractivity contribution in [2.24, 2.45) is 5.92 Å². The van der Waals surface area contributed by atoms with Gasteiger partial charge in [-0.15, -0.1) is 11.3 Å². The lowest BCUT2D eigenvalue weighted by atomic mass is 10.1. The number of anilines is 1. The van der Waals surface area contributed by atoms with Crippen molar-refractivity contribution < 1.29 is 4.79 Å². The number of aromatic nitrogens is 1. The van der Waals surface area contributed by atoms with E-state index < -0.39 is 0 Å². The Balaban J connectivity index is 1.67. The molecule has 1 amide bonds. The monoisotopic (exact) mass is 284 g/mol. The van der Waals surface area contributed by atoms with E-state index in [1.807, 2.05) is 11.8 Å². The summed E-state index contributed by atoms with van der Waals surface area (Å²) in [5.41, 5.74) is 4.59. The maximum Gasteiger partial charge on any atom is 0.230 e. The molecule has 0 atom stereocenters. The molecule has 1 aromatic heterocycles. The van der Waals surface area contributed by atoms with E-state index in [4.69, 9.17) is 0 Å². The zero-order valence-corrected chi connectivity index (χ0v) is 12.2. The van der Waals surface area contributed by atoms with Crippen LogP contribution in [-0.4, -0.2) is 17.4 Å². The largest absolute Gasteiger partial charge is 0.312 e. The van der Waals surface area contributed by atoms with Crippen molar-refractivity contribution in [2.75, 3.05) is 11.4 Å². The van der Waals surface area contributed by atoms with Crippen LogP contribution in [0.5, 0.6) is 0 Å². The lowest BCUT2D eigenvalue weighted by Crippen LogP contribution is -2.30. The minimum absolute atomic E-state index is 0.293. The van der Waals surface area contributed by atoms with Crippen LogP contribution < -0.4 is 4.90 Å². The third-order valence-electron chi connectivity index (χ3n) is 4.08. The van der Waals surface area contributed by atoms with Gasteiger partial charge in [-0.2, -0.15) is 0 Å². The van der Waals surface area contributed by atoms with Crippen LogP contribution in [0.4, 0.5) is 5.69 Å². The molecule has 1 aliphatic heterocycles. The molecule has 0 N–H and O–H groups in total. The number of aryl methyl sites for hydroxylation is 1. The van der Waals surface area contributed by atoms with Crippen LogP contribution in [0.15, 0.2) is 23.6 Å². The van der Waals surface area contributed by atoms with E-state index in [1.165, 1.54) is 5.56 Å². The molecule has 4 rings (SSSR count). The maximum atomic E-state index is 12.2. The second-order valence-corrected chi connectivity index (χ2v) is 6.67. The Labute approximate surface area is 122 Å². The summed E-state index contributed by atoms with van der Waals surface area (Å²) in [5, 5.41) is 3.19. The maximum absolute atomic E-state index is 12.2. The zero-order chi connectivity index (χ0) is 13.7. The number of hydrogen-bond donors (Lipinski definition) is 0. The van der Waals surface area contributed by atoms with E-state index in [1.54, 1.807) is 11.3 Å². The van der Waals surface area contributed by atoms with Gasteiger partial charge in [0, 0.05) is 29.1 Å². The minimum Gasteiger partial charge on any atom is -0.312 e. The number of carbonyl (C=O) groups is 1. The van der Waals surface area contributed by atoms with Gasteiger partial charge in [0.25, 0.3) is 0 Å². The highest BCUT2D eigenvalue weighted by Crippen LogP contribution is 2.37. The highest BCUT2D eigenvalue weighted by molar-refractivity contribution is 7.09. The molecule has 2 heterocycles. The summed E-state index contributed by atoms with van der Waals surface area (Å²) in [6, 6.07) is 6.38. The van der Waals surface area contributed by atoms with E-state index in [2.05, 4.69) is 28.6 Å². The normalized spacial score (nSPS) is 17.4. The molecule has 1 aliphatic carbocycles. The molecule has 0 unspecified atom stereocenters. The number of nitrogens with zero attached hydrogens (tertiary/aromatic N) is 2. The zero-order valence-electron chi connectivity index (χ0n) is 11.4. The van der Waals surface area contributed by atoms with E-state index in [9.17, 15) is 4.79 Å². The first-order valence-electron chi connectivity index (χ1n) is 7.09. The number of benzene rings is 1. The Morgan fingerprint density at radius 1 is 1.40 bits per heavy atom. The summed E-state index contributed by atoms with van der Waals surface area (Å²) in [5.74, 6) is 0.614. The van der Waals surface area contributed by atoms with Crippen molar-refractivity contribution in [2.45, 2.75) is 26.2 Å². The van der Waals surface area contributed by atoms with Crippen LogP contribution in [0.2, 0.25) is 0 Å². The fourth-order valence-electron chi connectivity index (χ4n) is 2.84. The SMILES string of the molecule is Cc1nc(-c2ccc3c(c2)CCN3C(=O)C2CC2)cs1. The molecule has 20 heavy (non-hydrogen) atoms. The fraction of sp³-hybridized carbons (Fsp3) is 0.375. The molecule has 2 aromatic rings. The summed E-state index contributed by atoms with van der Waals surface area (Å²) >= 11 is 1.67. The molecule has 3 nitrogen and oxygen atoms in total. The van der Waals surface area contributed by atoms with Gasteiger partial charge in [-0.1, -0.05) is 6.07 Å². The second kappa shape index (κ2) is 4.42. The van der Waals surface area contributed by atoms with Gasteiger partial charge in [-0.25, -0.2) is 4.98 Å². The van der Waals surface area contributed by atoms with Crippen molar-refractivity contribution >= 4 is 22.9 Å². The Morgan fingerprint density at radius 3 is 2.95 bits per heavy atom. The summed E-state index contributed by atoms with van der Waals surface area (Å²) in [7, 11) is 0. The van der Waals surface area contributed by atoms with Crippen molar-refractivity contribution in [3.8, 4) is 11.3 Å². The van der Waals surface area contributed by atoms with Gasteiger partial charge in [-0.05, 0) is 43.9 Å². The van der Waals surface area contributed by atoms with Crippen LogP contribution in [0, 0.1) is 12.8 Å². The van der Waals surface area contributed by atoms with Crippen LogP contribution >= 0.6 is 11.3 Å². The molecule has 0 bridgehead atoms. The minimum atomic E-state index is 0.293. The van der Waals surface area contributed by atoms with Crippen LogP contribution in [-0.2, 0) is 11.2 Å². The van der Waals surface area contributed by atoms with Crippen LogP contribution in [0.1, 0.15) is 23.4 Å². The van der Waals surface area contributed by atoms with E-state index >= 15 is 0 Å². The van der Waals surface area contributed by atoms with Gasteiger partial charge < -0.3 is 4.90 Å². The van der Waals surface area contributed by atoms with Crippen molar-refractivity contribution in [1.82, 2.24) is 4.98 Å². The lowest BCUT2D eigenvalue weighted by Gasteiger charge is -2.17. The summed E-state index contributed by atoms with van der Waals surface area (Å²) < 4.78 is 0. The number of carbonyl (C=O) groups excluding carboxylic acids is 1. The van der Waals surface area contributed by atoms with Crippen molar-refractivity contribution in [3.05, 3.63) is 34.2 Å². The first-order valence-corrected chi connectivity index (χ1v) is 7.97. The topological polar surface area (TPSA) is 33.2 Å². The summed E-state index contributed by atoms with van der Waals surface area (Å²) in [6.45, 7) is 2.86. The predicted molar refractivity (Wildman–Crippen MR) is 81.1 cm³/mol. The Kier molecular flexibility index (Phi) is 2.67. The van der Waals surface area contributed by atoms with Gasteiger partial charge in [0.1, 0.15) is 0 Å². The van der Waals surface area contributed by atoms with Crippen LogP contribution in [0.3, 0.4) is 0 Å².